The number of nitro benzene ring substituents is 1. The quantitative estimate of drug-likeness (QED) is 0.433. The molecule has 2 aromatic carbocycles. The van der Waals surface area contributed by atoms with E-state index in [9.17, 15) is 18.5 Å². The van der Waals surface area contributed by atoms with Crippen molar-refractivity contribution in [3.05, 3.63) is 58.1 Å². The number of piperazine rings is 1. The van der Waals surface area contributed by atoms with Gasteiger partial charge in [-0.3, -0.25) is 10.1 Å². The lowest BCUT2D eigenvalue weighted by molar-refractivity contribution is -0.384. The Morgan fingerprint density at radius 3 is 2.45 bits per heavy atom. The number of rotatable bonds is 9. The molecular formula is C22H31N5O5S. The minimum absolute atomic E-state index is 0.0683. The van der Waals surface area contributed by atoms with Crippen LogP contribution in [-0.2, 0) is 10.0 Å². The normalized spacial score (nSPS) is 16.5. The SMILES string of the molecule is COc1cccc([C@H](CNc2ccc(S(=O)(=O)N3CCN(C)CC3)cc2[N+](=O)[O-])N(C)C)c1. The Bertz CT molecular complexity index is 1080. The first kappa shape index (κ1) is 24.9. The van der Waals surface area contributed by atoms with Gasteiger partial charge in [0.25, 0.3) is 5.69 Å². The average molecular weight is 478 g/mol. The fourth-order valence-corrected chi connectivity index (χ4v) is 5.25. The van der Waals surface area contributed by atoms with Crippen molar-refractivity contribution in [1.29, 1.82) is 0 Å². The summed E-state index contributed by atoms with van der Waals surface area (Å²) in [4.78, 5) is 15.2. The molecule has 180 valence electrons. The molecule has 11 heteroatoms. The third-order valence-electron chi connectivity index (χ3n) is 5.85. The fourth-order valence-electron chi connectivity index (χ4n) is 3.80. The predicted molar refractivity (Wildman–Crippen MR) is 127 cm³/mol. The highest BCUT2D eigenvalue weighted by atomic mass is 32.2. The van der Waals surface area contributed by atoms with Crippen LogP contribution in [0.25, 0.3) is 0 Å². The Morgan fingerprint density at radius 1 is 1.15 bits per heavy atom. The van der Waals surface area contributed by atoms with Gasteiger partial charge in [-0.25, -0.2) is 8.42 Å². The number of likely N-dealkylation sites (N-methyl/N-ethyl adjacent to an activating group) is 2. The molecule has 1 aliphatic heterocycles. The predicted octanol–water partition coefficient (Wildman–Crippen LogP) is 2.25. The summed E-state index contributed by atoms with van der Waals surface area (Å²) in [5.74, 6) is 0.726. The second-order valence-electron chi connectivity index (χ2n) is 8.28. The van der Waals surface area contributed by atoms with Crippen LogP contribution < -0.4 is 10.1 Å². The number of methoxy groups -OCH3 is 1. The van der Waals surface area contributed by atoms with Crippen LogP contribution in [0, 0.1) is 10.1 Å². The molecule has 10 nitrogen and oxygen atoms in total. The molecule has 1 aliphatic rings. The van der Waals surface area contributed by atoms with Crippen LogP contribution in [0.3, 0.4) is 0 Å². The van der Waals surface area contributed by atoms with Crippen LogP contribution in [0.4, 0.5) is 11.4 Å². The van der Waals surface area contributed by atoms with E-state index in [0.717, 1.165) is 17.4 Å². The van der Waals surface area contributed by atoms with Crippen LogP contribution in [0.15, 0.2) is 47.4 Å². The van der Waals surface area contributed by atoms with E-state index in [2.05, 4.69) is 5.32 Å². The van der Waals surface area contributed by atoms with Crippen LogP contribution in [0.5, 0.6) is 5.75 Å². The number of nitro groups is 1. The van der Waals surface area contributed by atoms with Gasteiger partial charge >= 0.3 is 0 Å². The van der Waals surface area contributed by atoms with Gasteiger partial charge in [0.05, 0.1) is 23.0 Å². The van der Waals surface area contributed by atoms with Crippen molar-refractivity contribution < 1.29 is 18.1 Å². The van der Waals surface area contributed by atoms with E-state index in [0.29, 0.717) is 32.7 Å². The zero-order chi connectivity index (χ0) is 24.2. The molecule has 2 aromatic rings. The first-order valence-electron chi connectivity index (χ1n) is 10.6. The molecule has 1 heterocycles. The lowest BCUT2D eigenvalue weighted by atomic mass is 10.1. The molecule has 0 unspecified atom stereocenters. The second kappa shape index (κ2) is 10.5. The molecule has 0 saturated carbocycles. The van der Waals surface area contributed by atoms with E-state index in [4.69, 9.17) is 4.74 Å². The first-order valence-corrected chi connectivity index (χ1v) is 12.1. The van der Waals surface area contributed by atoms with Crippen molar-refractivity contribution in [2.24, 2.45) is 0 Å². The minimum atomic E-state index is -3.80. The maximum absolute atomic E-state index is 13.0. The standard InChI is InChI=1S/C22H31N5O5S/c1-24(2)22(17-6-5-7-18(14-17)32-4)16-23-20-9-8-19(15-21(20)27(28)29)33(30,31)26-12-10-25(3)11-13-26/h5-9,14-15,22-23H,10-13,16H2,1-4H3/t22-/m0/s1. The Hall–Kier alpha value is -2.73. The zero-order valence-corrected chi connectivity index (χ0v) is 20.2. The van der Waals surface area contributed by atoms with Crippen LogP contribution in [-0.4, -0.2) is 88.4 Å². The third-order valence-corrected chi connectivity index (χ3v) is 7.75. The van der Waals surface area contributed by atoms with Crippen molar-refractivity contribution in [3.63, 3.8) is 0 Å². The summed E-state index contributed by atoms with van der Waals surface area (Å²) in [7, 11) is 3.58. The van der Waals surface area contributed by atoms with Crippen molar-refractivity contribution in [2.75, 3.05) is 66.3 Å². The lowest BCUT2D eigenvalue weighted by Crippen LogP contribution is -2.47. The molecule has 1 fully saturated rings. The first-order chi connectivity index (χ1) is 15.6. The van der Waals surface area contributed by atoms with Crippen molar-refractivity contribution in [2.45, 2.75) is 10.9 Å². The molecule has 0 aromatic heterocycles. The van der Waals surface area contributed by atoms with Crippen molar-refractivity contribution >= 4 is 21.4 Å². The smallest absolute Gasteiger partial charge is 0.293 e. The average Bonchev–Trinajstić information content (AvgIpc) is 2.79. The molecule has 1 N–H and O–H groups in total. The molecule has 3 rings (SSSR count). The van der Waals surface area contributed by atoms with E-state index in [1.54, 1.807) is 7.11 Å². The molecule has 1 atom stereocenters. The second-order valence-corrected chi connectivity index (χ2v) is 10.2. The molecule has 0 bridgehead atoms. The van der Waals surface area contributed by atoms with Crippen LogP contribution in [0.1, 0.15) is 11.6 Å². The molecule has 0 aliphatic carbocycles. The molecule has 0 spiro atoms. The Kier molecular flexibility index (Phi) is 7.90. The zero-order valence-electron chi connectivity index (χ0n) is 19.4. The lowest BCUT2D eigenvalue weighted by Gasteiger charge is -2.31. The summed E-state index contributed by atoms with van der Waals surface area (Å²) in [6.07, 6.45) is 0. The van der Waals surface area contributed by atoms with Gasteiger partial charge in [0.1, 0.15) is 11.4 Å². The minimum Gasteiger partial charge on any atom is -0.497 e. The maximum Gasteiger partial charge on any atom is 0.293 e. The number of benzene rings is 2. The van der Waals surface area contributed by atoms with Gasteiger partial charge in [-0.15, -0.1) is 0 Å². The number of hydrogen-bond acceptors (Lipinski definition) is 8. The number of anilines is 1. The van der Waals surface area contributed by atoms with Gasteiger partial charge in [0.2, 0.25) is 10.0 Å². The van der Waals surface area contributed by atoms with Crippen molar-refractivity contribution in [1.82, 2.24) is 14.1 Å². The number of nitrogens with one attached hydrogen (secondary N) is 1. The van der Waals surface area contributed by atoms with E-state index in [1.807, 2.05) is 55.2 Å². The maximum atomic E-state index is 13.0. The van der Waals surface area contributed by atoms with Crippen LogP contribution >= 0.6 is 0 Å². The summed E-state index contributed by atoms with van der Waals surface area (Å²) >= 11 is 0. The van der Waals surface area contributed by atoms with Gasteiger partial charge in [0.15, 0.2) is 0 Å². The van der Waals surface area contributed by atoms with Gasteiger partial charge < -0.3 is 19.9 Å². The number of sulfonamides is 1. The third kappa shape index (κ3) is 5.80. The highest BCUT2D eigenvalue weighted by Crippen LogP contribution is 2.31. The monoisotopic (exact) mass is 477 g/mol. The van der Waals surface area contributed by atoms with E-state index in [1.165, 1.54) is 16.4 Å². The van der Waals surface area contributed by atoms with Gasteiger partial charge in [0, 0.05) is 38.8 Å². The van der Waals surface area contributed by atoms with E-state index >= 15 is 0 Å². The molecule has 33 heavy (non-hydrogen) atoms. The van der Waals surface area contributed by atoms with Crippen molar-refractivity contribution in [3.8, 4) is 5.75 Å². The Labute approximate surface area is 194 Å². The Morgan fingerprint density at radius 2 is 1.85 bits per heavy atom. The summed E-state index contributed by atoms with van der Waals surface area (Å²) < 4.78 is 32.7. The summed E-state index contributed by atoms with van der Waals surface area (Å²) in [6.45, 7) is 2.34. The van der Waals surface area contributed by atoms with Crippen LogP contribution in [0.2, 0.25) is 0 Å². The summed E-state index contributed by atoms with van der Waals surface area (Å²) in [6, 6.07) is 11.6. The number of nitrogens with zero attached hydrogens (tertiary/aromatic N) is 4. The van der Waals surface area contributed by atoms with Gasteiger partial charge in [-0.1, -0.05) is 12.1 Å². The molecule has 0 radical (unpaired) electrons. The van der Waals surface area contributed by atoms with E-state index < -0.39 is 14.9 Å². The highest BCUT2D eigenvalue weighted by Gasteiger charge is 2.30. The fraction of sp³-hybridized carbons (Fsp3) is 0.455. The molecular weight excluding hydrogens is 446 g/mol. The number of hydrogen-bond donors (Lipinski definition) is 1. The van der Waals surface area contributed by atoms with E-state index in [-0.39, 0.29) is 22.3 Å². The molecule has 0 amide bonds. The highest BCUT2D eigenvalue weighted by molar-refractivity contribution is 7.89. The molecule has 1 saturated heterocycles. The van der Waals surface area contributed by atoms with Gasteiger partial charge in [-0.05, 0) is 51.0 Å². The summed E-state index contributed by atoms with van der Waals surface area (Å²) in [5, 5.41) is 14.9. The topological polar surface area (TPSA) is 108 Å². The Balaban J connectivity index is 1.83. The number of ether oxygens (including phenoxy) is 1. The summed E-state index contributed by atoms with van der Waals surface area (Å²) in [5.41, 5.74) is 0.990. The largest absolute Gasteiger partial charge is 0.497 e. The van der Waals surface area contributed by atoms with Gasteiger partial charge in [-0.2, -0.15) is 4.31 Å².